The molecule has 0 spiro atoms. The van der Waals surface area contributed by atoms with Crippen LogP contribution < -0.4 is 0 Å². The summed E-state index contributed by atoms with van der Waals surface area (Å²) >= 11 is 0. The molecule has 1 aromatic heterocycles. The van der Waals surface area contributed by atoms with Gasteiger partial charge in [0.1, 0.15) is 5.69 Å². The van der Waals surface area contributed by atoms with Crippen molar-refractivity contribution < 1.29 is 20.1 Å². The minimum Gasteiger partial charge on any atom is -0.504 e. The van der Waals surface area contributed by atoms with Crippen molar-refractivity contribution in [1.82, 2.24) is 4.98 Å². The number of carboxylic acids is 1. The predicted octanol–water partition coefficient (Wildman–Crippen LogP) is 1.34. The lowest BCUT2D eigenvalue weighted by Gasteiger charge is -2.02. The third-order valence-electron chi connectivity index (χ3n) is 2.03. The van der Waals surface area contributed by atoms with Crippen LogP contribution in [0.1, 0.15) is 10.5 Å². The number of carbonyl (C=O) groups is 1. The topological polar surface area (TPSA) is 90.7 Å². The van der Waals surface area contributed by atoms with Crippen molar-refractivity contribution in [2.45, 2.75) is 0 Å². The molecule has 0 amide bonds. The molecule has 76 valence electrons. The van der Waals surface area contributed by atoms with Crippen LogP contribution in [-0.2, 0) is 0 Å². The second-order valence-corrected chi connectivity index (χ2v) is 3.06. The van der Waals surface area contributed by atoms with Gasteiger partial charge in [0.15, 0.2) is 11.5 Å². The van der Waals surface area contributed by atoms with Gasteiger partial charge in [-0.05, 0) is 23.6 Å². The molecular formula is C10H7NO4. The summed E-state index contributed by atoms with van der Waals surface area (Å²) in [5, 5.41) is 28.2. The monoisotopic (exact) mass is 205 g/mol. The SMILES string of the molecule is O=C(O)c1cc2cc(O)c(O)cc2cn1. The van der Waals surface area contributed by atoms with E-state index in [1.807, 2.05) is 0 Å². The number of pyridine rings is 1. The molecule has 0 saturated carbocycles. The molecule has 0 radical (unpaired) electrons. The molecule has 2 aromatic rings. The minimum atomic E-state index is -1.13. The molecule has 5 heteroatoms. The van der Waals surface area contributed by atoms with Crippen LogP contribution in [-0.4, -0.2) is 26.3 Å². The predicted molar refractivity (Wildman–Crippen MR) is 52.0 cm³/mol. The molecule has 0 atom stereocenters. The number of rotatable bonds is 1. The lowest BCUT2D eigenvalue weighted by atomic mass is 10.1. The van der Waals surface area contributed by atoms with E-state index in [2.05, 4.69) is 4.98 Å². The minimum absolute atomic E-state index is 0.104. The van der Waals surface area contributed by atoms with E-state index in [1.165, 1.54) is 24.4 Å². The van der Waals surface area contributed by atoms with Crippen LogP contribution >= 0.6 is 0 Å². The number of nitrogens with zero attached hydrogens (tertiary/aromatic N) is 1. The van der Waals surface area contributed by atoms with Gasteiger partial charge in [0.2, 0.25) is 0 Å². The second-order valence-electron chi connectivity index (χ2n) is 3.06. The van der Waals surface area contributed by atoms with Crippen molar-refractivity contribution in [3.05, 3.63) is 30.1 Å². The molecule has 15 heavy (non-hydrogen) atoms. The van der Waals surface area contributed by atoms with E-state index in [0.717, 1.165) is 0 Å². The van der Waals surface area contributed by atoms with Gasteiger partial charge in [-0.1, -0.05) is 0 Å². The van der Waals surface area contributed by atoms with Gasteiger partial charge in [-0.2, -0.15) is 0 Å². The Balaban J connectivity index is 2.72. The highest BCUT2D eigenvalue weighted by atomic mass is 16.4. The third kappa shape index (κ3) is 1.54. The summed E-state index contributed by atoms with van der Waals surface area (Å²) in [5.74, 6) is -1.68. The molecule has 0 aliphatic rings. The van der Waals surface area contributed by atoms with Gasteiger partial charge in [0.05, 0.1) is 0 Å². The molecule has 5 nitrogen and oxygen atoms in total. The summed E-state index contributed by atoms with van der Waals surface area (Å²) in [6, 6.07) is 3.94. The molecule has 1 aromatic carbocycles. The van der Waals surface area contributed by atoms with Gasteiger partial charge in [0, 0.05) is 11.6 Å². The fourth-order valence-electron chi connectivity index (χ4n) is 1.29. The van der Waals surface area contributed by atoms with Crippen LogP contribution in [0.25, 0.3) is 10.8 Å². The van der Waals surface area contributed by atoms with Crippen LogP contribution in [0.5, 0.6) is 11.5 Å². The lowest BCUT2D eigenvalue weighted by molar-refractivity contribution is 0.0690. The Kier molecular flexibility index (Phi) is 1.93. The van der Waals surface area contributed by atoms with Crippen LogP contribution in [0, 0.1) is 0 Å². The van der Waals surface area contributed by atoms with Gasteiger partial charge in [-0.3, -0.25) is 0 Å². The van der Waals surface area contributed by atoms with Gasteiger partial charge in [0.25, 0.3) is 0 Å². The molecule has 0 bridgehead atoms. The third-order valence-corrected chi connectivity index (χ3v) is 2.03. The van der Waals surface area contributed by atoms with E-state index >= 15 is 0 Å². The first-order chi connectivity index (χ1) is 7.08. The van der Waals surface area contributed by atoms with Gasteiger partial charge in [-0.25, -0.2) is 9.78 Å². The fourth-order valence-corrected chi connectivity index (χ4v) is 1.29. The average Bonchev–Trinajstić information content (AvgIpc) is 2.19. The summed E-state index contributed by atoms with van der Waals surface area (Å²) < 4.78 is 0. The first-order valence-electron chi connectivity index (χ1n) is 4.13. The number of hydrogen-bond acceptors (Lipinski definition) is 4. The maximum Gasteiger partial charge on any atom is 0.354 e. The van der Waals surface area contributed by atoms with Crippen molar-refractivity contribution in [2.24, 2.45) is 0 Å². The van der Waals surface area contributed by atoms with E-state index in [4.69, 9.17) is 5.11 Å². The number of phenolic OH excluding ortho intramolecular Hbond substituents is 2. The highest BCUT2D eigenvalue weighted by Crippen LogP contribution is 2.29. The average molecular weight is 205 g/mol. The highest BCUT2D eigenvalue weighted by molar-refractivity contribution is 5.93. The first kappa shape index (κ1) is 9.26. The summed E-state index contributed by atoms with van der Waals surface area (Å²) in [7, 11) is 0. The van der Waals surface area contributed by atoms with Crippen LogP contribution in [0.4, 0.5) is 0 Å². The maximum absolute atomic E-state index is 10.6. The van der Waals surface area contributed by atoms with Crippen molar-refractivity contribution in [3.8, 4) is 11.5 Å². The van der Waals surface area contributed by atoms with E-state index in [1.54, 1.807) is 0 Å². The number of benzene rings is 1. The quantitative estimate of drug-likeness (QED) is 0.611. The summed E-state index contributed by atoms with van der Waals surface area (Å²) in [5.41, 5.74) is -0.104. The lowest BCUT2D eigenvalue weighted by Crippen LogP contribution is -1.99. The zero-order chi connectivity index (χ0) is 11.0. The number of fused-ring (bicyclic) bond motifs is 1. The zero-order valence-electron chi connectivity index (χ0n) is 7.51. The van der Waals surface area contributed by atoms with Gasteiger partial charge in [-0.15, -0.1) is 0 Å². The van der Waals surface area contributed by atoms with Crippen LogP contribution in [0.2, 0.25) is 0 Å². The Hall–Kier alpha value is -2.30. The molecule has 2 rings (SSSR count). The molecule has 3 N–H and O–H groups in total. The maximum atomic E-state index is 10.6. The standard InChI is InChI=1S/C10H7NO4/c12-8-2-5-1-7(10(14)15)11-4-6(5)3-9(8)13/h1-4,12-13H,(H,14,15). The van der Waals surface area contributed by atoms with E-state index < -0.39 is 5.97 Å². The molecule has 0 aliphatic heterocycles. The number of aromatic nitrogens is 1. The largest absolute Gasteiger partial charge is 0.504 e. The number of phenols is 2. The molecule has 0 fully saturated rings. The fraction of sp³-hybridized carbons (Fsp3) is 0. The molecule has 0 saturated heterocycles. The molecule has 0 aliphatic carbocycles. The van der Waals surface area contributed by atoms with Gasteiger partial charge >= 0.3 is 5.97 Å². The zero-order valence-corrected chi connectivity index (χ0v) is 7.51. The van der Waals surface area contributed by atoms with Crippen molar-refractivity contribution in [1.29, 1.82) is 0 Å². The number of carboxylic acid groups (broad SMARTS) is 1. The Morgan fingerprint density at radius 2 is 1.67 bits per heavy atom. The second kappa shape index (κ2) is 3.13. The van der Waals surface area contributed by atoms with E-state index in [-0.39, 0.29) is 17.2 Å². The summed E-state index contributed by atoms with van der Waals surface area (Å²) in [6.07, 6.45) is 1.33. The van der Waals surface area contributed by atoms with Gasteiger partial charge < -0.3 is 15.3 Å². The van der Waals surface area contributed by atoms with Crippen molar-refractivity contribution >= 4 is 16.7 Å². The number of aromatic hydroxyl groups is 2. The Morgan fingerprint density at radius 3 is 2.27 bits per heavy atom. The smallest absolute Gasteiger partial charge is 0.354 e. The number of hydrogen-bond donors (Lipinski definition) is 3. The van der Waals surface area contributed by atoms with Crippen molar-refractivity contribution in [2.75, 3.05) is 0 Å². The highest BCUT2D eigenvalue weighted by Gasteiger charge is 2.07. The van der Waals surface area contributed by atoms with Crippen molar-refractivity contribution in [3.63, 3.8) is 0 Å². The van der Waals surface area contributed by atoms with E-state index in [0.29, 0.717) is 10.8 Å². The Labute approximate surface area is 84.2 Å². The van der Waals surface area contributed by atoms with Crippen LogP contribution in [0.3, 0.4) is 0 Å². The molecule has 0 unspecified atom stereocenters. The Morgan fingerprint density at radius 1 is 1.07 bits per heavy atom. The summed E-state index contributed by atoms with van der Waals surface area (Å²) in [6.45, 7) is 0. The summed E-state index contributed by atoms with van der Waals surface area (Å²) in [4.78, 5) is 14.3. The van der Waals surface area contributed by atoms with E-state index in [9.17, 15) is 15.0 Å². The molecule has 1 heterocycles. The molecular weight excluding hydrogens is 198 g/mol. The first-order valence-corrected chi connectivity index (χ1v) is 4.13. The van der Waals surface area contributed by atoms with Crippen LogP contribution in [0.15, 0.2) is 24.4 Å². The number of aromatic carboxylic acids is 1. The normalized spacial score (nSPS) is 10.4. The Bertz CT molecular complexity index is 550.